The largest absolute Gasteiger partial charge is 0.425 e. The van der Waals surface area contributed by atoms with Crippen molar-refractivity contribution < 1.29 is 29.0 Å². The van der Waals surface area contributed by atoms with E-state index in [0.29, 0.717) is 0 Å². The third-order valence-electron chi connectivity index (χ3n) is 2.07. The van der Waals surface area contributed by atoms with Crippen LogP contribution in [0.3, 0.4) is 0 Å². The molecule has 6 heteroatoms. The lowest BCUT2D eigenvalue weighted by molar-refractivity contribution is -0.211. The van der Waals surface area contributed by atoms with Crippen molar-refractivity contribution in [2.75, 3.05) is 13.2 Å². The van der Waals surface area contributed by atoms with Crippen LogP contribution in [0.1, 0.15) is 19.8 Å². The van der Waals surface area contributed by atoms with Crippen LogP contribution in [0.2, 0.25) is 0 Å². The van der Waals surface area contributed by atoms with Gasteiger partial charge < -0.3 is 14.6 Å². The zero-order valence-corrected chi connectivity index (χ0v) is 10.9. The average molecular weight is 270 g/mol. The van der Waals surface area contributed by atoms with Gasteiger partial charge >= 0.3 is 5.97 Å². The molecule has 106 valence electrons. The lowest BCUT2D eigenvalue weighted by Gasteiger charge is -2.24. The topological polar surface area (TPSA) is 89.9 Å². The number of rotatable bonds is 10. The molecule has 0 aromatic rings. The monoisotopic (exact) mass is 270 g/mol. The highest BCUT2D eigenvalue weighted by atomic mass is 16.7. The van der Waals surface area contributed by atoms with E-state index in [4.69, 9.17) is 4.74 Å². The van der Waals surface area contributed by atoms with E-state index in [1.165, 1.54) is 13.0 Å². The Hall–Kier alpha value is -1.79. The highest BCUT2D eigenvalue weighted by molar-refractivity contribution is 5.99. The third kappa shape index (κ3) is 6.64. The number of aliphatic hydroxyl groups is 1. The van der Waals surface area contributed by atoms with Gasteiger partial charge in [-0.2, -0.15) is 0 Å². The molecule has 0 radical (unpaired) electrons. The Morgan fingerprint density at radius 1 is 1.32 bits per heavy atom. The van der Waals surface area contributed by atoms with Gasteiger partial charge in [0.1, 0.15) is 12.2 Å². The van der Waals surface area contributed by atoms with Crippen LogP contribution in [0.5, 0.6) is 0 Å². The van der Waals surface area contributed by atoms with E-state index in [0.717, 1.165) is 6.08 Å². The molecule has 0 amide bonds. The van der Waals surface area contributed by atoms with Gasteiger partial charge in [0, 0.05) is 6.42 Å². The fourth-order valence-electron chi connectivity index (χ4n) is 1.19. The predicted molar refractivity (Wildman–Crippen MR) is 67.2 cm³/mol. The summed E-state index contributed by atoms with van der Waals surface area (Å²) in [5.41, 5.74) is 0. The van der Waals surface area contributed by atoms with Crippen molar-refractivity contribution in [1.82, 2.24) is 0 Å². The summed E-state index contributed by atoms with van der Waals surface area (Å²) < 4.78 is 9.66. The number of carbonyl (C=O) groups is 3. The summed E-state index contributed by atoms with van der Waals surface area (Å²) in [5.74, 6) is -4.63. The van der Waals surface area contributed by atoms with Gasteiger partial charge in [-0.15, -0.1) is 6.58 Å². The van der Waals surface area contributed by atoms with E-state index >= 15 is 0 Å². The first-order valence-electron chi connectivity index (χ1n) is 5.65. The van der Waals surface area contributed by atoms with E-state index in [9.17, 15) is 19.5 Å². The Bertz CT molecular complexity index is 373. The highest BCUT2D eigenvalue weighted by Gasteiger charge is 2.38. The maximum absolute atomic E-state index is 11.5. The van der Waals surface area contributed by atoms with E-state index in [2.05, 4.69) is 17.9 Å². The van der Waals surface area contributed by atoms with Crippen LogP contribution in [0, 0.1) is 0 Å². The Morgan fingerprint density at radius 3 is 2.42 bits per heavy atom. The van der Waals surface area contributed by atoms with Gasteiger partial charge in [0.05, 0.1) is 13.2 Å². The fourth-order valence-corrected chi connectivity index (χ4v) is 1.19. The van der Waals surface area contributed by atoms with Gasteiger partial charge in [-0.25, -0.2) is 0 Å². The Morgan fingerprint density at radius 2 is 1.95 bits per heavy atom. The second-order valence-electron chi connectivity index (χ2n) is 3.82. The van der Waals surface area contributed by atoms with E-state index < -0.39 is 29.7 Å². The first-order chi connectivity index (χ1) is 8.85. The number of carbonyl (C=O) groups excluding carboxylic acids is 3. The second-order valence-corrected chi connectivity index (χ2v) is 3.82. The molecule has 0 aliphatic heterocycles. The van der Waals surface area contributed by atoms with Crippen LogP contribution in [0.4, 0.5) is 0 Å². The van der Waals surface area contributed by atoms with Gasteiger partial charge in [0.15, 0.2) is 0 Å². The molecule has 0 aliphatic rings. The minimum absolute atomic E-state index is 0.0184. The minimum Gasteiger partial charge on any atom is -0.425 e. The standard InChI is InChI=1S/C13H18O6/c1-4-7-18-8-6-13(17,11(15)5-2)19-12(16)9-10(3)14/h4-5,17H,1-2,6-9H2,3H3. The molecule has 0 fully saturated rings. The van der Waals surface area contributed by atoms with Crippen LogP contribution >= 0.6 is 0 Å². The van der Waals surface area contributed by atoms with Crippen LogP contribution in [-0.2, 0) is 23.9 Å². The van der Waals surface area contributed by atoms with Crippen molar-refractivity contribution in [3.05, 3.63) is 25.3 Å². The summed E-state index contributed by atoms with van der Waals surface area (Å²) in [6.07, 6.45) is 1.57. The normalized spacial score (nSPS) is 13.2. The maximum atomic E-state index is 11.5. The summed E-state index contributed by atoms with van der Waals surface area (Å²) in [6, 6.07) is 0. The summed E-state index contributed by atoms with van der Waals surface area (Å²) in [5, 5.41) is 9.98. The molecule has 1 atom stereocenters. The third-order valence-corrected chi connectivity index (χ3v) is 2.07. The van der Waals surface area contributed by atoms with Gasteiger partial charge in [-0.1, -0.05) is 12.7 Å². The zero-order valence-electron chi connectivity index (χ0n) is 10.9. The van der Waals surface area contributed by atoms with E-state index in [1.54, 1.807) is 0 Å². The van der Waals surface area contributed by atoms with Crippen molar-refractivity contribution in [1.29, 1.82) is 0 Å². The van der Waals surface area contributed by atoms with E-state index in [1.807, 2.05) is 0 Å². The summed E-state index contributed by atoms with van der Waals surface area (Å²) >= 11 is 0. The van der Waals surface area contributed by atoms with Crippen molar-refractivity contribution in [3.8, 4) is 0 Å². The molecule has 1 unspecified atom stereocenters. The molecule has 0 saturated carbocycles. The SMILES string of the molecule is C=CCOCCC(O)(OC(=O)CC(C)=O)C(=O)C=C. The summed E-state index contributed by atoms with van der Waals surface area (Å²) in [4.78, 5) is 33.6. The van der Waals surface area contributed by atoms with Crippen molar-refractivity contribution in [2.24, 2.45) is 0 Å². The number of ketones is 2. The molecule has 0 aromatic carbocycles. The zero-order chi connectivity index (χ0) is 14.9. The first-order valence-corrected chi connectivity index (χ1v) is 5.65. The number of hydrogen-bond acceptors (Lipinski definition) is 6. The molecule has 6 nitrogen and oxygen atoms in total. The quantitative estimate of drug-likeness (QED) is 0.156. The fraction of sp³-hybridized carbons (Fsp3) is 0.462. The molecule has 0 spiro atoms. The maximum Gasteiger partial charge on any atom is 0.316 e. The minimum atomic E-state index is -2.35. The Kier molecular flexibility index (Phi) is 7.55. The smallest absolute Gasteiger partial charge is 0.316 e. The van der Waals surface area contributed by atoms with Gasteiger partial charge in [0.2, 0.25) is 5.78 Å². The summed E-state index contributed by atoms with van der Waals surface area (Å²) in [7, 11) is 0. The molecule has 19 heavy (non-hydrogen) atoms. The molecule has 0 rings (SSSR count). The van der Waals surface area contributed by atoms with Gasteiger partial charge in [-0.3, -0.25) is 14.4 Å². The van der Waals surface area contributed by atoms with Crippen LogP contribution < -0.4 is 0 Å². The second kappa shape index (κ2) is 8.34. The molecule has 0 heterocycles. The van der Waals surface area contributed by atoms with Crippen LogP contribution in [-0.4, -0.2) is 41.6 Å². The van der Waals surface area contributed by atoms with E-state index in [-0.39, 0.29) is 19.6 Å². The van der Waals surface area contributed by atoms with Gasteiger partial charge in [-0.05, 0) is 13.0 Å². The Labute approximate surface area is 111 Å². The molecule has 1 N–H and O–H groups in total. The molecule has 0 aromatic heterocycles. The lowest BCUT2D eigenvalue weighted by Crippen LogP contribution is -2.43. The lowest BCUT2D eigenvalue weighted by atomic mass is 10.1. The molecular weight excluding hydrogens is 252 g/mol. The average Bonchev–Trinajstić information content (AvgIpc) is 2.32. The molecule has 0 aliphatic carbocycles. The molecule has 0 bridgehead atoms. The molecular formula is C13H18O6. The number of Topliss-reactive ketones (excluding diaryl/α,β-unsaturated/α-hetero) is 1. The first kappa shape index (κ1) is 17.2. The van der Waals surface area contributed by atoms with Crippen LogP contribution in [0.25, 0.3) is 0 Å². The number of esters is 1. The van der Waals surface area contributed by atoms with Crippen molar-refractivity contribution >= 4 is 17.5 Å². The van der Waals surface area contributed by atoms with Crippen molar-refractivity contribution in [3.63, 3.8) is 0 Å². The highest BCUT2D eigenvalue weighted by Crippen LogP contribution is 2.16. The summed E-state index contributed by atoms with van der Waals surface area (Å²) in [6.45, 7) is 8.06. The molecule has 0 saturated heterocycles. The number of ether oxygens (including phenoxy) is 2. The van der Waals surface area contributed by atoms with Crippen LogP contribution in [0.15, 0.2) is 25.3 Å². The predicted octanol–water partition coefficient (Wildman–Crippen LogP) is 0.545. The van der Waals surface area contributed by atoms with Gasteiger partial charge in [0.25, 0.3) is 5.79 Å². The van der Waals surface area contributed by atoms with Crippen molar-refractivity contribution in [2.45, 2.75) is 25.6 Å². The number of hydrogen-bond donors (Lipinski definition) is 1. The Balaban J connectivity index is 4.63.